The van der Waals surface area contributed by atoms with E-state index in [2.05, 4.69) is 5.32 Å². The van der Waals surface area contributed by atoms with Crippen LogP contribution in [0.15, 0.2) is 18.2 Å². The molecule has 0 aliphatic carbocycles. The Morgan fingerprint density at radius 2 is 2.42 bits per heavy atom. The molecule has 0 radical (unpaired) electrons. The molecule has 19 heavy (non-hydrogen) atoms. The summed E-state index contributed by atoms with van der Waals surface area (Å²) in [5.41, 5.74) is 6.74. The second-order valence-corrected chi connectivity index (χ2v) is 4.92. The van der Waals surface area contributed by atoms with Crippen LogP contribution in [0.5, 0.6) is 0 Å². The standard InChI is InChI=1S/C13H17ClN2O3/c1-8(19-10-4-5-18-7-10)13(17)16-12-3-2-9(14)6-11(12)15/h2-3,6,8,10H,4-5,7,15H2,1H3,(H,16,17). The number of anilines is 2. The minimum absolute atomic E-state index is 0.0108. The quantitative estimate of drug-likeness (QED) is 0.830. The van der Waals surface area contributed by atoms with E-state index >= 15 is 0 Å². The van der Waals surface area contributed by atoms with E-state index in [-0.39, 0.29) is 12.0 Å². The van der Waals surface area contributed by atoms with Gasteiger partial charge in [-0.1, -0.05) is 11.6 Å². The van der Waals surface area contributed by atoms with Gasteiger partial charge in [0.1, 0.15) is 6.10 Å². The van der Waals surface area contributed by atoms with Crippen molar-refractivity contribution in [2.75, 3.05) is 24.3 Å². The average molecular weight is 285 g/mol. The number of benzene rings is 1. The molecule has 2 rings (SSSR count). The molecular formula is C13H17ClN2O3. The summed E-state index contributed by atoms with van der Waals surface area (Å²) >= 11 is 5.80. The van der Waals surface area contributed by atoms with Crippen LogP contribution >= 0.6 is 11.6 Å². The first-order valence-electron chi connectivity index (χ1n) is 6.15. The summed E-state index contributed by atoms with van der Waals surface area (Å²) in [7, 11) is 0. The Balaban J connectivity index is 1.92. The molecule has 0 bridgehead atoms. The van der Waals surface area contributed by atoms with Crippen LogP contribution in [0.1, 0.15) is 13.3 Å². The minimum atomic E-state index is -0.554. The van der Waals surface area contributed by atoms with E-state index in [0.29, 0.717) is 29.6 Å². The van der Waals surface area contributed by atoms with Crippen LogP contribution in [-0.4, -0.2) is 31.3 Å². The Morgan fingerprint density at radius 3 is 3.05 bits per heavy atom. The molecule has 1 aromatic carbocycles. The lowest BCUT2D eigenvalue weighted by Gasteiger charge is -2.17. The topological polar surface area (TPSA) is 73.6 Å². The van der Waals surface area contributed by atoms with Gasteiger partial charge in [-0.3, -0.25) is 4.79 Å². The fourth-order valence-corrected chi connectivity index (χ4v) is 2.03. The van der Waals surface area contributed by atoms with Crippen LogP contribution in [0.3, 0.4) is 0 Å². The van der Waals surface area contributed by atoms with Gasteiger partial charge in [0.25, 0.3) is 5.91 Å². The maximum absolute atomic E-state index is 12.0. The van der Waals surface area contributed by atoms with E-state index in [9.17, 15) is 4.79 Å². The van der Waals surface area contributed by atoms with Gasteiger partial charge in [0.15, 0.2) is 0 Å². The van der Waals surface area contributed by atoms with Gasteiger partial charge in [0, 0.05) is 11.6 Å². The molecule has 1 fully saturated rings. The number of halogens is 1. The molecule has 2 unspecified atom stereocenters. The normalized spacial score (nSPS) is 20.2. The molecule has 6 heteroatoms. The monoisotopic (exact) mass is 284 g/mol. The summed E-state index contributed by atoms with van der Waals surface area (Å²) in [6, 6.07) is 4.93. The maximum atomic E-state index is 12.0. The molecule has 104 valence electrons. The molecule has 1 amide bonds. The summed E-state index contributed by atoms with van der Waals surface area (Å²) in [5, 5.41) is 3.25. The van der Waals surface area contributed by atoms with Crippen LogP contribution in [0.25, 0.3) is 0 Å². The lowest BCUT2D eigenvalue weighted by atomic mass is 10.2. The number of nitrogens with one attached hydrogen (secondary N) is 1. The number of amides is 1. The molecule has 1 aliphatic rings. The van der Waals surface area contributed by atoms with Crippen molar-refractivity contribution in [2.45, 2.75) is 25.6 Å². The second-order valence-electron chi connectivity index (χ2n) is 4.48. The van der Waals surface area contributed by atoms with Gasteiger partial charge in [-0.25, -0.2) is 0 Å². The second kappa shape index (κ2) is 6.23. The Kier molecular flexibility index (Phi) is 4.63. The number of ether oxygens (including phenoxy) is 2. The molecule has 0 aromatic heterocycles. The zero-order valence-corrected chi connectivity index (χ0v) is 11.4. The van der Waals surface area contributed by atoms with Crippen molar-refractivity contribution in [2.24, 2.45) is 0 Å². The van der Waals surface area contributed by atoms with E-state index < -0.39 is 6.10 Å². The number of nitrogens with two attached hydrogens (primary N) is 1. The molecule has 1 heterocycles. The highest BCUT2D eigenvalue weighted by Crippen LogP contribution is 2.23. The lowest BCUT2D eigenvalue weighted by molar-refractivity contribution is -0.129. The van der Waals surface area contributed by atoms with E-state index in [4.69, 9.17) is 26.8 Å². The molecule has 2 atom stereocenters. The first kappa shape index (κ1) is 14.1. The number of rotatable bonds is 4. The molecule has 1 saturated heterocycles. The summed E-state index contributed by atoms with van der Waals surface area (Å²) in [6.45, 7) is 2.93. The van der Waals surface area contributed by atoms with Gasteiger partial charge in [0.2, 0.25) is 0 Å². The SMILES string of the molecule is CC(OC1CCOC1)C(=O)Nc1ccc(Cl)cc1N. The van der Waals surface area contributed by atoms with Gasteiger partial charge >= 0.3 is 0 Å². The van der Waals surface area contributed by atoms with Gasteiger partial charge in [-0.05, 0) is 31.5 Å². The molecule has 3 N–H and O–H groups in total. The van der Waals surface area contributed by atoms with E-state index in [1.807, 2.05) is 0 Å². The third-order valence-electron chi connectivity index (χ3n) is 2.93. The van der Waals surface area contributed by atoms with Gasteiger partial charge < -0.3 is 20.5 Å². The summed E-state index contributed by atoms with van der Waals surface area (Å²) < 4.78 is 10.8. The van der Waals surface area contributed by atoms with Crippen molar-refractivity contribution < 1.29 is 14.3 Å². The van der Waals surface area contributed by atoms with Crippen LogP contribution < -0.4 is 11.1 Å². The summed E-state index contributed by atoms with van der Waals surface area (Å²) in [6.07, 6.45) is 0.255. The van der Waals surface area contributed by atoms with Crippen molar-refractivity contribution in [3.8, 4) is 0 Å². The van der Waals surface area contributed by atoms with E-state index in [1.54, 1.807) is 25.1 Å². The Hall–Kier alpha value is -1.30. The van der Waals surface area contributed by atoms with E-state index in [0.717, 1.165) is 6.42 Å². The number of hydrogen-bond donors (Lipinski definition) is 2. The Bertz CT molecular complexity index is 461. The van der Waals surface area contributed by atoms with Crippen LogP contribution in [0, 0.1) is 0 Å². The Labute approximate surface area is 117 Å². The predicted octanol–water partition coefficient (Wildman–Crippen LogP) is 2.05. The third-order valence-corrected chi connectivity index (χ3v) is 3.16. The van der Waals surface area contributed by atoms with Gasteiger partial charge in [-0.2, -0.15) is 0 Å². The number of carbonyl (C=O) groups is 1. The van der Waals surface area contributed by atoms with Gasteiger partial charge in [0.05, 0.1) is 24.1 Å². The maximum Gasteiger partial charge on any atom is 0.253 e. The van der Waals surface area contributed by atoms with E-state index in [1.165, 1.54) is 0 Å². The highest BCUT2D eigenvalue weighted by Gasteiger charge is 2.23. The highest BCUT2D eigenvalue weighted by atomic mass is 35.5. The van der Waals surface area contributed by atoms with Crippen LogP contribution in [0.2, 0.25) is 5.02 Å². The lowest BCUT2D eigenvalue weighted by Crippen LogP contribution is -2.32. The molecule has 0 spiro atoms. The van der Waals surface area contributed by atoms with Crippen molar-refractivity contribution in [1.29, 1.82) is 0 Å². The fraction of sp³-hybridized carbons (Fsp3) is 0.462. The number of carbonyl (C=O) groups excluding carboxylic acids is 1. The predicted molar refractivity (Wildman–Crippen MR) is 74.3 cm³/mol. The van der Waals surface area contributed by atoms with Crippen molar-refractivity contribution >= 4 is 28.9 Å². The third kappa shape index (κ3) is 3.83. The Morgan fingerprint density at radius 1 is 1.63 bits per heavy atom. The molecule has 1 aliphatic heterocycles. The van der Waals surface area contributed by atoms with Crippen LogP contribution in [-0.2, 0) is 14.3 Å². The molecule has 0 saturated carbocycles. The highest BCUT2D eigenvalue weighted by molar-refractivity contribution is 6.31. The van der Waals surface area contributed by atoms with Gasteiger partial charge in [-0.15, -0.1) is 0 Å². The molecular weight excluding hydrogens is 268 g/mol. The first-order valence-corrected chi connectivity index (χ1v) is 6.53. The number of nitrogen functional groups attached to an aromatic ring is 1. The zero-order chi connectivity index (χ0) is 13.8. The smallest absolute Gasteiger partial charge is 0.253 e. The average Bonchev–Trinajstić information content (AvgIpc) is 2.85. The van der Waals surface area contributed by atoms with Crippen molar-refractivity contribution in [3.63, 3.8) is 0 Å². The molecule has 5 nitrogen and oxygen atoms in total. The first-order chi connectivity index (χ1) is 9.06. The largest absolute Gasteiger partial charge is 0.397 e. The van der Waals surface area contributed by atoms with Crippen LogP contribution in [0.4, 0.5) is 11.4 Å². The summed E-state index contributed by atoms with van der Waals surface area (Å²) in [5.74, 6) is -0.235. The fourth-order valence-electron chi connectivity index (χ4n) is 1.85. The summed E-state index contributed by atoms with van der Waals surface area (Å²) in [4.78, 5) is 12.0. The van der Waals surface area contributed by atoms with Crippen molar-refractivity contribution in [3.05, 3.63) is 23.2 Å². The van der Waals surface area contributed by atoms with Crippen molar-refractivity contribution in [1.82, 2.24) is 0 Å². The number of hydrogen-bond acceptors (Lipinski definition) is 4. The molecule has 1 aromatic rings. The minimum Gasteiger partial charge on any atom is -0.397 e. The zero-order valence-electron chi connectivity index (χ0n) is 10.7.